The van der Waals surface area contributed by atoms with Crippen LogP contribution in [0.1, 0.15) is 25.1 Å². The summed E-state index contributed by atoms with van der Waals surface area (Å²) >= 11 is 1.50. The summed E-state index contributed by atoms with van der Waals surface area (Å²) in [5.74, 6) is 0.855. The maximum Gasteiger partial charge on any atom is 0.190 e. The van der Waals surface area contributed by atoms with E-state index in [4.69, 9.17) is 5.73 Å². The van der Waals surface area contributed by atoms with Crippen LogP contribution in [0.3, 0.4) is 0 Å². The molecule has 6 nitrogen and oxygen atoms in total. The molecule has 96 valence electrons. The lowest BCUT2D eigenvalue weighted by molar-refractivity contribution is 0.240. The normalized spacial score (nSPS) is 17.5. The first kappa shape index (κ1) is 11.0. The highest BCUT2D eigenvalue weighted by molar-refractivity contribution is 7.21. The molecule has 3 heterocycles. The highest BCUT2D eigenvalue weighted by Crippen LogP contribution is 2.38. The SMILES string of the molecule is NC1(c2ncc(-c3nc4nccnc4s3)[nH]2)CCC1. The van der Waals surface area contributed by atoms with Gasteiger partial charge in [-0.25, -0.2) is 19.9 Å². The van der Waals surface area contributed by atoms with Crippen molar-refractivity contribution < 1.29 is 0 Å². The molecule has 1 saturated carbocycles. The van der Waals surface area contributed by atoms with Gasteiger partial charge in [0.25, 0.3) is 0 Å². The van der Waals surface area contributed by atoms with Gasteiger partial charge in [0.1, 0.15) is 10.8 Å². The van der Waals surface area contributed by atoms with Crippen LogP contribution in [-0.4, -0.2) is 24.9 Å². The van der Waals surface area contributed by atoms with Crippen molar-refractivity contribution in [1.29, 1.82) is 0 Å². The molecule has 7 heteroatoms. The Morgan fingerprint density at radius 3 is 2.79 bits per heavy atom. The summed E-state index contributed by atoms with van der Waals surface area (Å²) in [6.45, 7) is 0. The van der Waals surface area contributed by atoms with Crippen LogP contribution < -0.4 is 5.73 Å². The molecule has 3 aromatic heterocycles. The number of rotatable bonds is 2. The van der Waals surface area contributed by atoms with E-state index in [1.54, 1.807) is 18.6 Å². The Morgan fingerprint density at radius 2 is 2.05 bits per heavy atom. The van der Waals surface area contributed by atoms with Gasteiger partial charge < -0.3 is 10.7 Å². The third kappa shape index (κ3) is 1.66. The van der Waals surface area contributed by atoms with Crippen molar-refractivity contribution in [1.82, 2.24) is 24.9 Å². The Labute approximate surface area is 113 Å². The van der Waals surface area contributed by atoms with Crippen LogP contribution in [0.15, 0.2) is 18.6 Å². The fourth-order valence-corrected chi connectivity index (χ4v) is 3.10. The topological polar surface area (TPSA) is 93.4 Å². The number of hydrogen-bond acceptors (Lipinski definition) is 6. The highest BCUT2D eigenvalue weighted by atomic mass is 32.1. The van der Waals surface area contributed by atoms with Crippen LogP contribution in [0.5, 0.6) is 0 Å². The van der Waals surface area contributed by atoms with Crippen LogP contribution in [0, 0.1) is 0 Å². The van der Waals surface area contributed by atoms with Gasteiger partial charge in [0, 0.05) is 12.4 Å². The number of aromatic amines is 1. The summed E-state index contributed by atoms with van der Waals surface area (Å²) in [4.78, 5) is 21.4. The number of nitrogens with two attached hydrogens (primary N) is 1. The maximum absolute atomic E-state index is 6.26. The molecule has 1 fully saturated rings. The number of hydrogen-bond donors (Lipinski definition) is 2. The van der Waals surface area contributed by atoms with Crippen LogP contribution in [-0.2, 0) is 5.54 Å². The second-order valence-electron chi connectivity index (χ2n) is 4.86. The first-order valence-corrected chi connectivity index (χ1v) is 6.99. The number of nitrogens with one attached hydrogen (secondary N) is 1. The average Bonchev–Trinajstić information content (AvgIpc) is 3.02. The van der Waals surface area contributed by atoms with Crippen molar-refractivity contribution in [3.05, 3.63) is 24.4 Å². The van der Waals surface area contributed by atoms with E-state index in [0.29, 0.717) is 5.65 Å². The van der Waals surface area contributed by atoms with Gasteiger partial charge in [-0.05, 0) is 19.3 Å². The smallest absolute Gasteiger partial charge is 0.190 e. The predicted octanol–water partition coefficient (Wildman–Crippen LogP) is 1.81. The van der Waals surface area contributed by atoms with Crippen molar-refractivity contribution in [2.24, 2.45) is 5.73 Å². The molecule has 0 bridgehead atoms. The summed E-state index contributed by atoms with van der Waals surface area (Å²) in [5, 5.41) is 0.850. The first-order chi connectivity index (χ1) is 9.24. The molecule has 3 aromatic rings. The summed E-state index contributed by atoms with van der Waals surface area (Å²) in [7, 11) is 0. The van der Waals surface area contributed by atoms with E-state index in [-0.39, 0.29) is 5.54 Å². The van der Waals surface area contributed by atoms with Crippen LogP contribution in [0.25, 0.3) is 21.2 Å². The number of fused-ring (bicyclic) bond motifs is 1. The monoisotopic (exact) mass is 272 g/mol. The molecule has 19 heavy (non-hydrogen) atoms. The number of H-pyrrole nitrogens is 1. The molecule has 4 rings (SSSR count). The Bertz CT molecular complexity index is 708. The van der Waals surface area contributed by atoms with Gasteiger partial charge in [0.15, 0.2) is 10.5 Å². The molecule has 0 aromatic carbocycles. The Hall–Kier alpha value is -1.86. The van der Waals surface area contributed by atoms with Crippen molar-refractivity contribution in [3.8, 4) is 10.7 Å². The largest absolute Gasteiger partial charge is 0.338 e. The first-order valence-electron chi connectivity index (χ1n) is 6.17. The van der Waals surface area contributed by atoms with E-state index in [9.17, 15) is 0 Å². The lowest BCUT2D eigenvalue weighted by atomic mass is 9.77. The molecule has 0 spiro atoms. The van der Waals surface area contributed by atoms with E-state index in [0.717, 1.165) is 34.2 Å². The summed E-state index contributed by atoms with van der Waals surface area (Å²) in [6, 6.07) is 0. The second-order valence-corrected chi connectivity index (χ2v) is 5.84. The van der Waals surface area contributed by atoms with Gasteiger partial charge in [-0.15, -0.1) is 0 Å². The molecular formula is C12H12N6S. The van der Waals surface area contributed by atoms with Gasteiger partial charge in [0.05, 0.1) is 17.4 Å². The lowest BCUT2D eigenvalue weighted by Crippen LogP contribution is -2.44. The minimum atomic E-state index is -0.272. The zero-order valence-electron chi connectivity index (χ0n) is 10.1. The van der Waals surface area contributed by atoms with E-state index in [1.807, 2.05) is 0 Å². The van der Waals surface area contributed by atoms with Gasteiger partial charge in [0.2, 0.25) is 0 Å². The van der Waals surface area contributed by atoms with Crippen molar-refractivity contribution in [2.45, 2.75) is 24.8 Å². The molecule has 1 aliphatic rings. The van der Waals surface area contributed by atoms with Crippen molar-refractivity contribution >= 4 is 21.8 Å². The quantitative estimate of drug-likeness (QED) is 0.742. The molecular weight excluding hydrogens is 260 g/mol. The van der Waals surface area contributed by atoms with Crippen LogP contribution >= 0.6 is 11.3 Å². The van der Waals surface area contributed by atoms with Gasteiger partial charge in [-0.3, -0.25) is 0 Å². The minimum Gasteiger partial charge on any atom is -0.338 e. The lowest BCUT2D eigenvalue weighted by Gasteiger charge is -2.35. The van der Waals surface area contributed by atoms with E-state index in [2.05, 4.69) is 24.9 Å². The van der Waals surface area contributed by atoms with E-state index >= 15 is 0 Å². The standard InChI is InChI=1S/C12H12N6S/c13-12(2-1-3-12)11-16-6-7(17-11)9-18-8-10(19-9)15-5-4-14-8/h4-6H,1-3,13H2,(H,16,17). The predicted molar refractivity (Wildman–Crippen MR) is 72.5 cm³/mol. The fourth-order valence-electron chi connectivity index (χ4n) is 2.27. The van der Waals surface area contributed by atoms with Crippen molar-refractivity contribution in [3.63, 3.8) is 0 Å². The zero-order chi connectivity index (χ0) is 12.9. The van der Waals surface area contributed by atoms with Gasteiger partial charge >= 0.3 is 0 Å². The molecule has 3 N–H and O–H groups in total. The second kappa shape index (κ2) is 3.82. The molecule has 0 saturated heterocycles. The van der Waals surface area contributed by atoms with Crippen LogP contribution in [0.2, 0.25) is 0 Å². The average molecular weight is 272 g/mol. The number of imidazole rings is 1. The number of nitrogens with zero attached hydrogens (tertiary/aromatic N) is 4. The van der Waals surface area contributed by atoms with E-state index < -0.39 is 0 Å². The van der Waals surface area contributed by atoms with Crippen molar-refractivity contribution in [2.75, 3.05) is 0 Å². The number of thiazole rings is 1. The molecule has 0 radical (unpaired) electrons. The van der Waals surface area contributed by atoms with E-state index in [1.165, 1.54) is 17.8 Å². The molecule has 1 aliphatic carbocycles. The summed E-state index contributed by atoms with van der Waals surface area (Å²) in [5.41, 5.74) is 7.54. The Kier molecular flexibility index (Phi) is 2.21. The Balaban J connectivity index is 1.75. The molecule has 0 atom stereocenters. The highest BCUT2D eigenvalue weighted by Gasteiger charge is 2.37. The molecule has 0 unspecified atom stereocenters. The zero-order valence-corrected chi connectivity index (χ0v) is 10.9. The Morgan fingerprint density at radius 1 is 1.21 bits per heavy atom. The number of aromatic nitrogens is 5. The van der Waals surface area contributed by atoms with Gasteiger partial charge in [-0.2, -0.15) is 0 Å². The molecule has 0 amide bonds. The third-order valence-corrected chi connectivity index (χ3v) is 4.56. The third-order valence-electron chi connectivity index (χ3n) is 3.57. The fraction of sp³-hybridized carbons (Fsp3) is 0.333. The van der Waals surface area contributed by atoms with Gasteiger partial charge in [-0.1, -0.05) is 11.3 Å². The van der Waals surface area contributed by atoms with Crippen LogP contribution in [0.4, 0.5) is 0 Å². The minimum absolute atomic E-state index is 0.272. The maximum atomic E-state index is 6.26. The summed E-state index contributed by atoms with van der Waals surface area (Å²) in [6.07, 6.45) is 8.26. The molecule has 0 aliphatic heterocycles. The summed E-state index contributed by atoms with van der Waals surface area (Å²) < 4.78 is 0.